The quantitative estimate of drug-likeness (QED) is 0.783. The minimum atomic E-state index is -0.645. The number of carbonyl (C=O) groups excluding carboxylic acids is 2. The molecule has 1 aliphatic rings. The second kappa shape index (κ2) is 10.6. The largest absolute Gasteiger partial charge is 0.445 e. The Morgan fingerprint density at radius 3 is 2.10 bits per heavy atom. The number of amides is 2. The Morgan fingerprint density at radius 1 is 0.931 bits per heavy atom. The summed E-state index contributed by atoms with van der Waals surface area (Å²) in [5.41, 5.74) is 1.91. The molecule has 6 nitrogen and oxygen atoms in total. The van der Waals surface area contributed by atoms with Crippen molar-refractivity contribution in [2.24, 2.45) is 0 Å². The number of hydrogen-bond acceptors (Lipinski definition) is 4. The summed E-state index contributed by atoms with van der Waals surface area (Å²) < 4.78 is 5.34. The van der Waals surface area contributed by atoms with E-state index >= 15 is 0 Å². The third-order valence-electron chi connectivity index (χ3n) is 5.22. The average molecular weight is 396 g/mol. The lowest BCUT2D eigenvalue weighted by atomic mass is 10.0. The summed E-state index contributed by atoms with van der Waals surface area (Å²) in [4.78, 5) is 29.7. The van der Waals surface area contributed by atoms with Gasteiger partial charge in [-0.25, -0.2) is 4.79 Å². The van der Waals surface area contributed by atoms with Gasteiger partial charge in [0, 0.05) is 32.6 Å². The fraction of sp³-hybridized carbons (Fsp3) is 0.391. The predicted octanol–water partition coefficient (Wildman–Crippen LogP) is 2.69. The molecule has 0 bridgehead atoms. The normalized spacial score (nSPS) is 15.6. The number of benzene rings is 2. The predicted molar refractivity (Wildman–Crippen MR) is 112 cm³/mol. The summed E-state index contributed by atoms with van der Waals surface area (Å²) in [5, 5.41) is 2.79. The van der Waals surface area contributed by atoms with Crippen molar-refractivity contribution in [2.45, 2.75) is 26.0 Å². The number of alkyl carbamates (subject to hydrolysis) is 1. The summed E-state index contributed by atoms with van der Waals surface area (Å²) >= 11 is 0. The summed E-state index contributed by atoms with van der Waals surface area (Å²) in [7, 11) is 0. The number of nitrogens with one attached hydrogen (secondary N) is 1. The highest BCUT2D eigenvalue weighted by Crippen LogP contribution is 2.10. The molecule has 2 aromatic carbocycles. The maximum atomic E-state index is 13.1. The summed E-state index contributed by atoms with van der Waals surface area (Å²) in [5.74, 6) is -0.0544. The SMILES string of the molecule is CCN1CCN(C(=O)[C@H](Cc2ccccc2)NC(=O)OCc2ccccc2)CC1. The molecule has 1 saturated heterocycles. The van der Waals surface area contributed by atoms with Crippen LogP contribution in [0.4, 0.5) is 4.79 Å². The third-order valence-corrected chi connectivity index (χ3v) is 5.22. The van der Waals surface area contributed by atoms with Crippen LogP contribution >= 0.6 is 0 Å². The van der Waals surface area contributed by atoms with Gasteiger partial charge in [0.15, 0.2) is 0 Å². The van der Waals surface area contributed by atoms with Gasteiger partial charge in [-0.3, -0.25) is 4.79 Å². The summed E-state index contributed by atoms with van der Waals surface area (Å²) in [6.45, 7) is 6.36. The fourth-order valence-electron chi connectivity index (χ4n) is 3.46. The Bertz CT molecular complexity index is 774. The highest BCUT2D eigenvalue weighted by atomic mass is 16.5. The van der Waals surface area contributed by atoms with Crippen molar-refractivity contribution in [1.82, 2.24) is 15.1 Å². The van der Waals surface area contributed by atoms with Crippen LogP contribution in [0.3, 0.4) is 0 Å². The van der Waals surface area contributed by atoms with Crippen molar-refractivity contribution in [3.63, 3.8) is 0 Å². The lowest BCUT2D eigenvalue weighted by Crippen LogP contribution is -2.55. The minimum Gasteiger partial charge on any atom is -0.445 e. The molecule has 0 radical (unpaired) electrons. The molecule has 154 valence electrons. The van der Waals surface area contributed by atoms with Gasteiger partial charge in [-0.2, -0.15) is 0 Å². The Balaban J connectivity index is 1.62. The van der Waals surface area contributed by atoms with E-state index in [-0.39, 0.29) is 12.5 Å². The van der Waals surface area contributed by atoms with E-state index in [0.717, 1.165) is 30.8 Å². The molecule has 0 saturated carbocycles. The number of likely N-dealkylation sites (N-methyl/N-ethyl adjacent to an activating group) is 1. The van der Waals surface area contributed by atoms with Crippen molar-refractivity contribution in [3.05, 3.63) is 71.8 Å². The van der Waals surface area contributed by atoms with Crippen LogP contribution in [0.25, 0.3) is 0 Å². The van der Waals surface area contributed by atoms with Gasteiger partial charge in [0.25, 0.3) is 0 Å². The molecular formula is C23H29N3O3. The van der Waals surface area contributed by atoms with Crippen LogP contribution in [0.5, 0.6) is 0 Å². The van der Waals surface area contributed by atoms with Gasteiger partial charge in [-0.15, -0.1) is 0 Å². The maximum absolute atomic E-state index is 13.1. The van der Waals surface area contributed by atoms with Crippen molar-refractivity contribution in [1.29, 1.82) is 0 Å². The lowest BCUT2D eigenvalue weighted by molar-refractivity contribution is -0.135. The minimum absolute atomic E-state index is 0.0544. The Labute approximate surface area is 172 Å². The van der Waals surface area contributed by atoms with E-state index in [4.69, 9.17) is 4.74 Å². The van der Waals surface area contributed by atoms with E-state index < -0.39 is 12.1 Å². The van der Waals surface area contributed by atoms with Crippen molar-refractivity contribution < 1.29 is 14.3 Å². The molecular weight excluding hydrogens is 366 g/mol. The first-order chi connectivity index (χ1) is 14.2. The van der Waals surface area contributed by atoms with Crippen LogP contribution in [0.1, 0.15) is 18.1 Å². The number of nitrogens with zero attached hydrogens (tertiary/aromatic N) is 2. The molecule has 1 fully saturated rings. The molecule has 0 aliphatic carbocycles. The van der Waals surface area contributed by atoms with Crippen molar-refractivity contribution in [2.75, 3.05) is 32.7 Å². The van der Waals surface area contributed by atoms with Gasteiger partial charge in [0.05, 0.1) is 0 Å². The molecule has 0 aromatic heterocycles. The molecule has 2 amide bonds. The fourth-order valence-corrected chi connectivity index (χ4v) is 3.46. The second-order valence-electron chi connectivity index (χ2n) is 7.21. The molecule has 0 unspecified atom stereocenters. The highest BCUT2D eigenvalue weighted by Gasteiger charge is 2.29. The Morgan fingerprint density at radius 2 is 1.52 bits per heavy atom. The van der Waals surface area contributed by atoms with Gasteiger partial charge < -0.3 is 19.9 Å². The average Bonchev–Trinajstić information content (AvgIpc) is 2.78. The zero-order chi connectivity index (χ0) is 20.5. The van der Waals surface area contributed by atoms with Gasteiger partial charge in [0.2, 0.25) is 5.91 Å². The van der Waals surface area contributed by atoms with Crippen LogP contribution < -0.4 is 5.32 Å². The lowest BCUT2D eigenvalue weighted by Gasteiger charge is -2.36. The van der Waals surface area contributed by atoms with Crippen LogP contribution in [-0.4, -0.2) is 60.6 Å². The molecule has 1 aliphatic heterocycles. The first-order valence-corrected chi connectivity index (χ1v) is 10.2. The molecule has 29 heavy (non-hydrogen) atoms. The van der Waals surface area contributed by atoms with E-state index in [9.17, 15) is 9.59 Å². The monoisotopic (exact) mass is 395 g/mol. The smallest absolute Gasteiger partial charge is 0.408 e. The molecule has 6 heteroatoms. The van der Waals surface area contributed by atoms with Crippen LogP contribution in [-0.2, 0) is 22.6 Å². The van der Waals surface area contributed by atoms with Gasteiger partial charge in [-0.1, -0.05) is 67.6 Å². The third kappa shape index (κ3) is 6.32. The summed E-state index contributed by atoms with van der Waals surface area (Å²) in [6, 6.07) is 18.6. The summed E-state index contributed by atoms with van der Waals surface area (Å²) in [6.07, 6.45) is -0.135. The van der Waals surface area contributed by atoms with E-state index in [1.54, 1.807) is 0 Å². The topological polar surface area (TPSA) is 61.9 Å². The molecule has 1 heterocycles. The van der Waals surface area contributed by atoms with Crippen LogP contribution in [0.15, 0.2) is 60.7 Å². The zero-order valence-electron chi connectivity index (χ0n) is 16.9. The first-order valence-electron chi connectivity index (χ1n) is 10.2. The molecule has 3 rings (SSSR count). The molecule has 1 atom stereocenters. The number of rotatable bonds is 7. The molecule has 2 aromatic rings. The van der Waals surface area contributed by atoms with E-state index in [0.29, 0.717) is 19.5 Å². The number of carbonyl (C=O) groups is 2. The maximum Gasteiger partial charge on any atom is 0.408 e. The second-order valence-corrected chi connectivity index (χ2v) is 7.21. The van der Waals surface area contributed by atoms with Gasteiger partial charge >= 0.3 is 6.09 Å². The first kappa shape index (κ1) is 20.9. The number of piperazine rings is 1. The highest BCUT2D eigenvalue weighted by molar-refractivity contribution is 5.86. The zero-order valence-corrected chi connectivity index (χ0v) is 16.9. The number of hydrogen-bond donors (Lipinski definition) is 1. The van der Waals surface area contributed by atoms with Gasteiger partial charge in [-0.05, 0) is 17.7 Å². The van der Waals surface area contributed by atoms with Crippen LogP contribution in [0, 0.1) is 0 Å². The van der Waals surface area contributed by atoms with Gasteiger partial charge in [0.1, 0.15) is 12.6 Å². The Kier molecular flexibility index (Phi) is 7.64. The van der Waals surface area contributed by atoms with Crippen LogP contribution in [0.2, 0.25) is 0 Å². The molecule has 1 N–H and O–H groups in total. The van der Waals surface area contributed by atoms with E-state index in [2.05, 4.69) is 17.1 Å². The van der Waals surface area contributed by atoms with Crippen molar-refractivity contribution in [3.8, 4) is 0 Å². The van der Waals surface area contributed by atoms with E-state index in [1.807, 2.05) is 65.6 Å². The Hall–Kier alpha value is -2.86. The number of ether oxygens (including phenoxy) is 1. The van der Waals surface area contributed by atoms with Crippen molar-refractivity contribution >= 4 is 12.0 Å². The van der Waals surface area contributed by atoms with E-state index in [1.165, 1.54) is 0 Å². The molecule has 0 spiro atoms. The standard InChI is InChI=1S/C23H29N3O3/c1-2-25-13-15-26(16-14-25)22(27)21(17-19-9-5-3-6-10-19)24-23(28)29-18-20-11-7-4-8-12-20/h3-12,21H,2,13-18H2,1H3,(H,24,28)/t21-/m0/s1.